The van der Waals surface area contributed by atoms with Crippen molar-refractivity contribution in [1.82, 2.24) is 14.6 Å². The van der Waals surface area contributed by atoms with Crippen LogP contribution in [0.4, 0.5) is 0 Å². The summed E-state index contributed by atoms with van der Waals surface area (Å²) in [6, 6.07) is 11.8. The first-order chi connectivity index (χ1) is 11.5. The van der Waals surface area contributed by atoms with Crippen LogP contribution in [0.2, 0.25) is 0 Å². The van der Waals surface area contributed by atoms with Gasteiger partial charge in [-0.15, -0.1) is 0 Å². The smallest absolute Gasteiger partial charge is 0.169 e. The van der Waals surface area contributed by atoms with Crippen LogP contribution < -0.4 is 0 Å². The largest absolute Gasteiger partial charge is 0.511 e. The Morgan fingerprint density at radius 2 is 1.92 bits per heavy atom. The standard InChI is InChI=1S/C18H17N3O2S/c1-11-9-16(24-17(12(2)22)13(3)23)21-18(20-11)15(10-19-21)14-7-5-4-6-8-14/h4-10,22H,1-3H3/b17-12-. The summed E-state index contributed by atoms with van der Waals surface area (Å²) < 4.78 is 1.70. The Hall–Kier alpha value is -2.60. The predicted octanol–water partition coefficient (Wildman–Crippen LogP) is 4.18. The fraction of sp³-hybridized carbons (Fsp3) is 0.167. The van der Waals surface area contributed by atoms with Gasteiger partial charge >= 0.3 is 0 Å². The normalized spacial score (nSPS) is 12.3. The molecular weight excluding hydrogens is 322 g/mol. The van der Waals surface area contributed by atoms with Gasteiger partial charge < -0.3 is 5.11 Å². The van der Waals surface area contributed by atoms with Crippen molar-refractivity contribution in [3.63, 3.8) is 0 Å². The van der Waals surface area contributed by atoms with Crippen LogP contribution in [0.5, 0.6) is 0 Å². The molecule has 0 unspecified atom stereocenters. The molecule has 0 fully saturated rings. The van der Waals surface area contributed by atoms with Crippen molar-refractivity contribution >= 4 is 23.2 Å². The van der Waals surface area contributed by atoms with Crippen molar-refractivity contribution in [2.45, 2.75) is 25.8 Å². The number of carbonyl (C=O) groups excluding carboxylic acids is 1. The van der Waals surface area contributed by atoms with Crippen molar-refractivity contribution in [2.75, 3.05) is 0 Å². The van der Waals surface area contributed by atoms with E-state index < -0.39 is 0 Å². The molecule has 0 aliphatic rings. The number of hydrogen-bond donors (Lipinski definition) is 1. The summed E-state index contributed by atoms with van der Waals surface area (Å²) in [6.07, 6.45) is 1.77. The number of ketones is 1. The topological polar surface area (TPSA) is 67.5 Å². The van der Waals surface area contributed by atoms with Crippen LogP contribution in [0, 0.1) is 6.92 Å². The van der Waals surface area contributed by atoms with Crippen LogP contribution in [-0.4, -0.2) is 25.5 Å². The van der Waals surface area contributed by atoms with Gasteiger partial charge in [0.05, 0.1) is 11.1 Å². The lowest BCUT2D eigenvalue weighted by atomic mass is 10.1. The molecule has 0 atom stereocenters. The Bertz CT molecular complexity index is 942. The van der Waals surface area contributed by atoms with Gasteiger partial charge in [-0.05, 0) is 32.4 Å². The number of benzene rings is 1. The number of fused-ring (bicyclic) bond motifs is 1. The molecule has 6 heteroatoms. The summed E-state index contributed by atoms with van der Waals surface area (Å²) >= 11 is 1.20. The van der Waals surface area contributed by atoms with Gasteiger partial charge in [-0.3, -0.25) is 4.79 Å². The van der Waals surface area contributed by atoms with E-state index in [1.165, 1.54) is 25.6 Å². The SMILES string of the molecule is CC(=O)/C(Sc1cc(C)nc2c(-c3ccccc3)cnn12)=C(\C)O. The lowest BCUT2D eigenvalue weighted by Gasteiger charge is -2.08. The predicted molar refractivity (Wildman–Crippen MR) is 95.0 cm³/mol. The number of thioether (sulfide) groups is 1. The van der Waals surface area contributed by atoms with Crippen molar-refractivity contribution < 1.29 is 9.90 Å². The molecule has 0 bridgehead atoms. The van der Waals surface area contributed by atoms with Gasteiger partial charge in [0.15, 0.2) is 11.4 Å². The lowest BCUT2D eigenvalue weighted by Crippen LogP contribution is -2.01. The van der Waals surface area contributed by atoms with Crippen LogP contribution >= 0.6 is 11.8 Å². The summed E-state index contributed by atoms with van der Waals surface area (Å²) in [4.78, 5) is 16.7. The third-order valence-corrected chi connectivity index (χ3v) is 4.79. The summed E-state index contributed by atoms with van der Waals surface area (Å²) in [6.45, 7) is 4.84. The van der Waals surface area contributed by atoms with E-state index in [9.17, 15) is 9.90 Å². The van der Waals surface area contributed by atoms with Gasteiger partial charge in [0.1, 0.15) is 10.8 Å². The second-order valence-electron chi connectivity index (χ2n) is 5.47. The molecule has 0 amide bonds. The van der Waals surface area contributed by atoms with Crippen LogP contribution in [0.3, 0.4) is 0 Å². The van der Waals surface area contributed by atoms with Gasteiger partial charge in [-0.2, -0.15) is 5.10 Å². The zero-order valence-corrected chi connectivity index (χ0v) is 14.5. The maximum absolute atomic E-state index is 11.8. The minimum absolute atomic E-state index is 0.00514. The van der Waals surface area contributed by atoms with Gasteiger partial charge in [0, 0.05) is 11.3 Å². The molecule has 0 radical (unpaired) electrons. The number of aliphatic hydroxyl groups excluding tert-OH is 1. The molecular formula is C18H17N3O2S. The third-order valence-electron chi connectivity index (χ3n) is 3.51. The zero-order valence-electron chi connectivity index (χ0n) is 13.6. The molecule has 3 rings (SSSR count). The highest BCUT2D eigenvalue weighted by molar-refractivity contribution is 8.04. The van der Waals surface area contributed by atoms with Gasteiger partial charge in [-0.1, -0.05) is 42.1 Å². The molecule has 0 aliphatic heterocycles. The monoisotopic (exact) mass is 339 g/mol. The van der Waals surface area contributed by atoms with E-state index in [0.29, 0.717) is 4.91 Å². The number of Topliss-reactive ketones (excluding diaryl/α,β-unsaturated/α-hetero) is 1. The molecule has 24 heavy (non-hydrogen) atoms. The molecule has 1 aromatic carbocycles. The Balaban J connectivity index is 2.16. The Morgan fingerprint density at radius 1 is 1.21 bits per heavy atom. The van der Waals surface area contributed by atoms with Crippen LogP contribution in [0.15, 0.2) is 58.3 Å². The summed E-state index contributed by atoms with van der Waals surface area (Å²) in [7, 11) is 0. The second-order valence-corrected chi connectivity index (χ2v) is 6.50. The van der Waals surface area contributed by atoms with Crippen molar-refractivity contribution in [2.24, 2.45) is 0 Å². The number of carbonyl (C=O) groups is 1. The fourth-order valence-electron chi connectivity index (χ4n) is 2.45. The quantitative estimate of drug-likeness (QED) is 0.334. The molecule has 0 saturated heterocycles. The minimum atomic E-state index is -0.182. The van der Waals surface area contributed by atoms with Gasteiger partial charge in [-0.25, -0.2) is 9.50 Å². The van der Waals surface area contributed by atoms with Crippen molar-refractivity contribution in [3.05, 3.63) is 59.0 Å². The lowest BCUT2D eigenvalue weighted by molar-refractivity contribution is -0.113. The average Bonchev–Trinajstić information content (AvgIpc) is 2.96. The number of rotatable bonds is 4. The van der Waals surface area contributed by atoms with E-state index in [4.69, 9.17) is 0 Å². The van der Waals surface area contributed by atoms with Gasteiger partial charge in [0.25, 0.3) is 0 Å². The maximum Gasteiger partial charge on any atom is 0.169 e. The zero-order chi connectivity index (χ0) is 17.3. The Morgan fingerprint density at radius 3 is 2.54 bits per heavy atom. The summed E-state index contributed by atoms with van der Waals surface area (Å²) in [5.41, 5.74) is 3.50. The number of aliphatic hydroxyl groups is 1. The van der Waals surface area contributed by atoms with E-state index in [0.717, 1.165) is 27.5 Å². The maximum atomic E-state index is 11.8. The molecule has 5 nitrogen and oxygen atoms in total. The van der Waals surface area contributed by atoms with Crippen molar-refractivity contribution in [3.8, 4) is 11.1 Å². The first-order valence-electron chi connectivity index (χ1n) is 7.47. The summed E-state index contributed by atoms with van der Waals surface area (Å²) in [5.74, 6) is -0.177. The average molecular weight is 339 g/mol. The molecule has 0 saturated carbocycles. The Kier molecular flexibility index (Phi) is 4.40. The molecule has 122 valence electrons. The number of nitrogens with zero attached hydrogens (tertiary/aromatic N) is 3. The number of allylic oxidation sites excluding steroid dienone is 2. The van der Waals surface area contributed by atoms with E-state index in [2.05, 4.69) is 10.1 Å². The molecule has 2 aromatic heterocycles. The third kappa shape index (κ3) is 3.05. The van der Waals surface area contributed by atoms with Crippen molar-refractivity contribution in [1.29, 1.82) is 0 Å². The molecule has 1 N–H and O–H groups in total. The van der Waals surface area contributed by atoms with E-state index in [1.54, 1.807) is 10.7 Å². The molecule has 3 aromatic rings. The molecule has 0 spiro atoms. The first kappa shape index (κ1) is 16.3. The number of aromatic nitrogens is 3. The number of aryl methyl sites for hydroxylation is 1. The first-order valence-corrected chi connectivity index (χ1v) is 8.28. The summed E-state index contributed by atoms with van der Waals surface area (Å²) in [5, 5.41) is 14.9. The second kappa shape index (κ2) is 6.49. The van der Waals surface area contributed by atoms with Crippen LogP contribution in [0.25, 0.3) is 16.8 Å². The minimum Gasteiger partial charge on any atom is -0.511 e. The van der Waals surface area contributed by atoms with Gasteiger partial charge in [0.2, 0.25) is 0 Å². The van der Waals surface area contributed by atoms with E-state index in [1.807, 2.05) is 43.3 Å². The molecule has 0 aliphatic carbocycles. The van der Waals surface area contributed by atoms with E-state index in [-0.39, 0.29) is 11.5 Å². The number of hydrogen-bond acceptors (Lipinski definition) is 5. The highest BCUT2D eigenvalue weighted by atomic mass is 32.2. The van der Waals surface area contributed by atoms with Crippen LogP contribution in [0.1, 0.15) is 19.5 Å². The highest BCUT2D eigenvalue weighted by Gasteiger charge is 2.16. The fourth-order valence-corrected chi connectivity index (χ4v) is 3.40. The van der Waals surface area contributed by atoms with Crippen LogP contribution in [-0.2, 0) is 4.79 Å². The van der Waals surface area contributed by atoms with E-state index >= 15 is 0 Å². The molecule has 2 heterocycles. The Labute approximate surface area is 144 Å². The highest BCUT2D eigenvalue weighted by Crippen LogP contribution is 2.32.